The highest BCUT2D eigenvalue weighted by atomic mass is 28.4. The zero-order chi connectivity index (χ0) is 27.4. The molecule has 0 amide bonds. The summed E-state index contributed by atoms with van der Waals surface area (Å²) < 4.78 is 35.2. The lowest BCUT2D eigenvalue weighted by molar-refractivity contribution is -0.116. The molecule has 0 saturated heterocycles. The average molecular weight is 543 g/mol. The molecule has 2 aliphatic rings. The molecule has 0 bridgehead atoms. The van der Waals surface area contributed by atoms with Gasteiger partial charge in [0.15, 0.2) is 0 Å². The number of ether oxygens (including phenoxy) is 4. The van der Waals surface area contributed by atoms with Crippen LogP contribution in [0.1, 0.15) is 38.8 Å². The SMILES string of the molecule is CC(C)(C)C1OC(O[Si](C)(C)C)=C(c2ccccc2)O1.CC1OC(O[Si](C)(C)C)=C(c2ccccc2)O1. The monoisotopic (exact) mass is 542 g/mol. The van der Waals surface area contributed by atoms with Gasteiger partial charge in [0, 0.05) is 23.5 Å². The van der Waals surface area contributed by atoms with Gasteiger partial charge in [-0.15, -0.1) is 0 Å². The predicted molar refractivity (Wildman–Crippen MR) is 153 cm³/mol. The molecule has 4 rings (SSSR count). The van der Waals surface area contributed by atoms with Crippen molar-refractivity contribution in [2.75, 3.05) is 0 Å². The second-order valence-electron chi connectivity index (χ2n) is 12.1. The summed E-state index contributed by atoms with van der Waals surface area (Å²) in [5.74, 6) is 2.49. The summed E-state index contributed by atoms with van der Waals surface area (Å²) in [5.41, 5.74) is 1.88. The minimum absolute atomic E-state index is 0.107. The lowest BCUT2D eigenvalue weighted by atomic mass is 9.96. The third-order valence-electron chi connectivity index (χ3n) is 4.94. The van der Waals surface area contributed by atoms with Crippen LogP contribution >= 0.6 is 0 Å². The van der Waals surface area contributed by atoms with Crippen molar-refractivity contribution in [1.29, 1.82) is 0 Å². The summed E-state index contributed by atoms with van der Waals surface area (Å²) >= 11 is 0. The smallest absolute Gasteiger partial charge is 0.313 e. The van der Waals surface area contributed by atoms with E-state index in [0.717, 1.165) is 11.1 Å². The molecule has 0 saturated carbocycles. The third-order valence-corrected chi connectivity index (χ3v) is 6.54. The fraction of sp³-hybridized carbons (Fsp3) is 0.448. The molecule has 37 heavy (non-hydrogen) atoms. The Bertz CT molecular complexity index is 1090. The van der Waals surface area contributed by atoms with Gasteiger partial charge in [-0.1, -0.05) is 81.4 Å². The molecule has 0 radical (unpaired) electrons. The molecule has 2 atom stereocenters. The van der Waals surface area contributed by atoms with Crippen molar-refractivity contribution in [2.45, 2.75) is 79.6 Å². The molecule has 2 unspecified atom stereocenters. The van der Waals surface area contributed by atoms with Crippen LogP contribution in [0, 0.1) is 5.41 Å². The lowest BCUT2D eigenvalue weighted by Gasteiger charge is -2.26. The minimum Gasteiger partial charge on any atom is -0.517 e. The number of hydrogen-bond donors (Lipinski definition) is 0. The summed E-state index contributed by atoms with van der Waals surface area (Å²) in [5, 5.41) is 0. The zero-order valence-electron chi connectivity index (χ0n) is 23.9. The van der Waals surface area contributed by atoms with Gasteiger partial charge in [0.2, 0.25) is 40.7 Å². The van der Waals surface area contributed by atoms with Crippen molar-refractivity contribution in [3.63, 3.8) is 0 Å². The van der Waals surface area contributed by atoms with E-state index in [1.807, 2.05) is 67.6 Å². The van der Waals surface area contributed by atoms with E-state index in [4.69, 9.17) is 27.8 Å². The molecule has 0 N–H and O–H groups in total. The van der Waals surface area contributed by atoms with E-state index in [0.29, 0.717) is 23.4 Å². The van der Waals surface area contributed by atoms with E-state index in [1.165, 1.54) is 0 Å². The Morgan fingerprint density at radius 3 is 1.41 bits per heavy atom. The number of rotatable bonds is 6. The second-order valence-corrected chi connectivity index (χ2v) is 21.0. The van der Waals surface area contributed by atoms with Crippen molar-refractivity contribution < 1.29 is 27.8 Å². The maximum absolute atomic E-state index is 6.06. The van der Waals surface area contributed by atoms with E-state index < -0.39 is 16.6 Å². The Labute approximate surface area is 224 Å². The van der Waals surface area contributed by atoms with Crippen LogP contribution in [0.5, 0.6) is 0 Å². The topological polar surface area (TPSA) is 55.4 Å². The molecular formula is C29H42O6Si2. The fourth-order valence-electron chi connectivity index (χ4n) is 3.37. The van der Waals surface area contributed by atoms with Gasteiger partial charge in [0.05, 0.1) is 0 Å². The molecule has 0 fully saturated rings. The Kier molecular flexibility index (Phi) is 8.75. The fourth-order valence-corrected chi connectivity index (χ4v) is 4.77. The molecule has 0 aromatic heterocycles. The molecule has 202 valence electrons. The third kappa shape index (κ3) is 8.60. The second kappa shape index (κ2) is 11.3. The highest BCUT2D eigenvalue weighted by molar-refractivity contribution is 6.70. The van der Waals surface area contributed by atoms with Crippen LogP contribution in [0.25, 0.3) is 11.5 Å². The summed E-state index contributed by atoms with van der Waals surface area (Å²) in [6.07, 6.45) is -0.597. The van der Waals surface area contributed by atoms with Crippen LogP contribution < -0.4 is 0 Å². The van der Waals surface area contributed by atoms with Gasteiger partial charge in [0.25, 0.3) is 0 Å². The lowest BCUT2D eigenvalue weighted by Crippen LogP contribution is -2.29. The van der Waals surface area contributed by atoms with E-state index in [1.54, 1.807) is 0 Å². The largest absolute Gasteiger partial charge is 0.517 e. The summed E-state index contributed by atoms with van der Waals surface area (Å²) in [6.45, 7) is 20.9. The molecule has 0 spiro atoms. The molecule has 2 aliphatic heterocycles. The first-order valence-electron chi connectivity index (χ1n) is 12.8. The van der Waals surface area contributed by atoms with Crippen LogP contribution in [-0.2, 0) is 27.8 Å². The first-order chi connectivity index (χ1) is 17.1. The zero-order valence-corrected chi connectivity index (χ0v) is 25.9. The van der Waals surface area contributed by atoms with Crippen LogP contribution in [0.4, 0.5) is 0 Å². The molecular weight excluding hydrogens is 500 g/mol. The number of hydrogen-bond acceptors (Lipinski definition) is 6. The Morgan fingerprint density at radius 2 is 1.00 bits per heavy atom. The van der Waals surface area contributed by atoms with Crippen molar-refractivity contribution in [2.24, 2.45) is 5.41 Å². The van der Waals surface area contributed by atoms with Crippen molar-refractivity contribution in [1.82, 2.24) is 0 Å². The van der Waals surface area contributed by atoms with E-state index in [2.05, 4.69) is 60.1 Å². The van der Waals surface area contributed by atoms with E-state index in [-0.39, 0.29) is 18.0 Å². The Hall–Kier alpha value is -2.85. The van der Waals surface area contributed by atoms with Gasteiger partial charge in [-0.3, -0.25) is 0 Å². The van der Waals surface area contributed by atoms with Crippen LogP contribution in [0.2, 0.25) is 39.3 Å². The molecule has 0 aliphatic carbocycles. The van der Waals surface area contributed by atoms with Crippen LogP contribution in [-0.4, -0.2) is 29.2 Å². The Morgan fingerprint density at radius 1 is 0.595 bits per heavy atom. The van der Waals surface area contributed by atoms with Gasteiger partial charge in [-0.25, -0.2) is 0 Å². The Balaban J connectivity index is 0.000000208. The predicted octanol–water partition coefficient (Wildman–Crippen LogP) is 8.14. The average Bonchev–Trinajstić information content (AvgIpc) is 3.36. The first-order valence-corrected chi connectivity index (χ1v) is 19.6. The highest BCUT2D eigenvalue weighted by Gasteiger charge is 2.39. The standard InChI is InChI=1S/C16H24O3Si.C13H18O3Si/c1-16(2,3)15-17-13(12-10-8-7-9-11-12)14(18-15)19-20(4,5)6;1-10-14-12(11-8-6-5-7-9-11)13(15-10)16-17(2,3)4/h7-11,15H,1-6H3;5-10H,1-4H3. The van der Waals surface area contributed by atoms with Crippen molar-refractivity contribution in [3.8, 4) is 0 Å². The molecule has 2 aromatic rings. The highest BCUT2D eigenvalue weighted by Crippen LogP contribution is 2.39. The molecule has 8 heteroatoms. The normalized spacial score (nSPS) is 19.7. The van der Waals surface area contributed by atoms with Gasteiger partial charge in [0.1, 0.15) is 0 Å². The van der Waals surface area contributed by atoms with Crippen LogP contribution in [0.15, 0.2) is 72.6 Å². The first kappa shape index (κ1) is 28.7. The van der Waals surface area contributed by atoms with Crippen LogP contribution in [0.3, 0.4) is 0 Å². The van der Waals surface area contributed by atoms with E-state index in [9.17, 15) is 0 Å². The van der Waals surface area contributed by atoms with Gasteiger partial charge in [-0.05, 0) is 39.3 Å². The molecule has 2 heterocycles. The maximum atomic E-state index is 6.06. The van der Waals surface area contributed by atoms with Gasteiger partial charge in [-0.2, -0.15) is 0 Å². The van der Waals surface area contributed by atoms with E-state index >= 15 is 0 Å². The maximum Gasteiger partial charge on any atom is 0.313 e. The van der Waals surface area contributed by atoms with Crippen molar-refractivity contribution in [3.05, 3.63) is 83.7 Å². The molecule has 6 nitrogen and oxygen atoms in total. The minimum atomic E-state index is -1.75. The summed E-state index contributed by atoms with van der Waals surface area (Å²) in [4.78, 5) is 0. The molecule has 2 aromatic carbocycles. The van der Waals surface area contributed by atoms with Crippen molar-refractivity contribution >= 4 is 28.2 Å². The number of benzene rings is 2. The summed E-state index contributed by atoms with van der Waals surface area (Å²) in [7, 11) is -3.44. The van der Waals surface area contributed by atoms with Gasteiger partial charge < -0.3 is 27.8 Å². The summed E-state index contributed by atoms with van der Waals surface area (Å²) in [6, 6.07) is 19.9. The quantitative estimate of drug-likeness (QED) is 0.343. The van der Waals surface area contributed by atoms with Gasteiger partial charge >= 0.3 is 11.9 Å².